The number of hydrogen-bond donors (Lipinski definition) is 0. The highest BCUT2D eigenvalue weighted by atomic mass is 16.5. The molecule has 0 radical (unpaired) electrons. The molecule has 1 aromatic rings. The molecule has 1 unspecified atom stereocenters. The summed E-state index contributed by atoms with van der Waals surface area (Å²) in [5.41, 5.74) is 0.509. The maximum atomic E-state index is 12.3. The zero-order chi connectivity index (χ0) is 15.2. The van der Waals surface area contributed by atoms with Crippen LogP contribution in [0.3, 0.4) is 0 Å². The molecule has 5 nitrogen and oxygen atoms in total. The zero-order valence-corrected chi connectivity index (χ0v) is 12.5. The molecule has 0 aliphatic carbocycles. The Morgan fingerprint density at radius 3 is 2.57 bits per heavy atom. The van der Waals surface area contributed by atoms with Gasteiger partial charge in [-0.3, -0.25) is 9.59 Å². The Kier molecular flexibility index (Phi) is 5.20. The highest BCUT2D eigenvalue weighted by molar-refractivity contribution is 5.81. The van der Waals surface area contributed by atoms with Crippen LogP contribution in [0.4, 0.5) is 0 Å². The Bertz CT molecular complexity index is 509. The molecule has 1 aliphatic rings. The second-order valence-corrected chi connectivity index (χ2v) is 5.17. The first-order chi connectivity index (χ1) is 10.2. The second kappa shape index (κ2) is 7.11. The van der Waals surface area contributed by atoms with Crippen molar-refractivity contribution in [1.29, 1.82) is 0 Å². The van der Waals surface area contributed by atoms with Gasteiger partial charge in [-0.1, -0.05) is 0 Å². The van der Waals surface area contributed by atoms with Gasteiger partial charge in [-0.15, -0.1) is 0 Å². The van der Waals surface area contributed by atoms with E-state index in [9.17, 15) is 9.59 Å². The number of hydrogen-bond acceptors (Lipinski definition) is 4. The number of nitrogens with zero attached hydrogens (tertiary/aromatic N) is 1. The number of aldehydes is 1. The molecule has 114 valence electrons. The number of rotatable bonds is 5. The van der Waals surface area contributed by atoms with E-state index in [0.717, 1.165) is 32.2 Å². The van der Waals surface area contributed by atoms with E-state index < -0.39 is 6.10 Å². The summed E-state index contributed by atoms with van der Waals surface area (Å²) >= 11 is 0. The van der Waals surface area contributed by atoms with Crippen molar-refractivity contribution in [2.24, 2.45) is 0 Å². The lowest BCUT2D eigenvalue weighted by molar-refractivity contribution is -0.138. The minimum absolute atomic E-state index is 0.00350. The molecule has 0 bridgehead atoms. The number of carbonyl (C=O) groups excluding carboxylic acids is 2. The maximum Gasteiger partial charge on any atom is 0.263 e. The van der Waals surface area contributed by atoms with Crippen molar-refractivity contribution >= 4 is 12.2 Å². The van der Waals surface area contributed by atoms with Crippen molar-refractivity contribution in [3.8, 4) is 11.5 Å². The number of likely N-dealkylation sites (tertiary alicyclic amines) is 1. The van der Waals surface area contributed by atoms with E-state index in [-0.39, 0.29) is 5.91 Å². The second-order valence-electron chi connectivity index (χ2n) is 5.17. The van der Waals surface area contributed by atoms with Crippen LogP contribution in [0, 0.1) is 0 Å². The lowest BCUT2D eigenvalue weighted by Gasteiger charge is -2.29. The van der Waals surface area contributed by atoms with Gasteiger partial charge in [0.15, 0.2) is 17.6 Å². The lowest BCUT2D eigenvalue weighted by atomic mass is 10.1. The standard InChI is InChI=1S/C16H21NO4/c1-12(16(19)17-8-4-3-5-9-17)21-14-7-6-13(11-18)10-15(14)20-2/h6-7,10-12H,3-5,8-9H2,1-2H3. The molecular formula is C16H21NO4. The van der Waals surface area contributed by atoms with Crippen molar-refractivity contribution in [2.75, 3.05) is 20.2 Å². The summed E-state index contributed by atoms with van der Waals surface area (Å²) in [5.74, 6) is 0.926. The Morgan fingerprint density at radius 2 is 1.95 bits per heavy atom. The lowest BCUT2D eigenvalue weighted by Crippen LogP contribution is -2.43. The number of methoxy groups -OCH3 is 1. The van der Waals surface area contributed by atoms with E-state index >= 15 is 0 Å². The van der Waals surface area contributed by atoms with Crippen molar-refractivity contribution in [3.63, 3.8) is 0 Å². The fourth-order valence-corrected chi connectivity index (χ4v) is 2.47. The topological polar surface area (TPSA) is 55.8 Å². The van der Waals surface area contributed by atoms with Gasteiger partial charge in [0, 0.05) is 18.7 Å². The third-order valence-corrected chi connectivity index (χ3v) is 3.64. The van der Waals surface area contributed by atoms with Crippen LogP contribution in [0.25, 0.3) is 0 Å². The monoisotopic (exact) mass is 291 g/mol. The van der Waals surface area contributed by atoms with Gasteiger partial charge in [0.05, 0.1) is 7.11 Å². The molecule has 1 aromatic carbocycles. The van der Waals surface area contributed by atoms with E-state index in [1.165, 1.54) is 13.5 Å². The van der Waals surface area contributed by atoms with Crippen LogP contribution < -0.4 is 9.47 Å². The maximum absolute atomic E-state index is 12.3. The normalized spacial score (nSPS) is 16.2. The fourth-order valence-electron chi connectivity index (χ4n) is 2.47. The van der Waals surface area contributed by atoms with Crippen LogP contribution in [-0.4, -0.2) is 43.4 Å². The molecule has 2 rings (SSSR count). The summed E-state index contributed by atoms with van der Waals surface area (Å²) in [6.07, 6.45) is 3.46. The first-order valence-corrected chi connectivity index (χ1v) is 7.24. The minimum Gasteiger partial charge on any atom is -0.493 e. The molecule has 5 heteroatoms. The summed E-state index contributed by atoms with van der Waals surface area (Å²) in [6.45, 7) is 3.34. The molecular weight excluding hydrogens is 270 g/mol. The first-order valence-electron chi connectivity index (χ1n) is 7.24. The number of piperidine rings is 1. The highest BCUT2D eigenvalue weighted by Gasteiger charge is 2.24. The Labute approximate surface area is 124 Å². The van der Waals surface area contributed by atoms with Crippen LogP contribution in [-0.2, 0) is 4.79 Å². The predicted octanol–water partition coefficient (Wildman–Crippen LogP) is 2.29. The average molecular weight is 291 g/mol. The van der Waals surface area contributed by atoms with Crippen molar-refractivity contribution < 1.29 is 19.1 Å². The molecule has 1 amide bonds. The van der Waals surface area contributed by atoms with Gasteiger partial charge in [-0.25, -0.2) is 0 Å². The zero-order valence-electron chi connectivity index (χ0n) is 12.5. The van der Waals surface area contributed by atoms with Gasteiger partial charge in [0.1, 0.15) is 6.29 Å². The summed E-state index contributed by atoms with van der Waals surface area (Å²) in [7, 11) is 1.51. The van der Waals surface area contributed by atoms with Gasteiger partial charge in [0.25, 0.3) is 5.91 Å². The van der Waals surface area contributed by atoms with Crippen molar-refractivity contribution in [3.05, 3.63) is 23.8 Å². The van der Waals surface area contributed by atoms with E-state index in [4.69, 9.17) is 9.47 Å². The summed E-state index contributed by atoms with van der Waals surface area (Å²) in [4.78, 5) is 24.9. The quantitative estimate of drug-likeness (QED) is 0.781. The molecule has 1 aliphatic heterocycles. The highest BCUT2D eigenvalue weighted by Crippen LogP contribution is 2.28. The van der Waals surface area contributed by atoms with Gasteiger partial charge in [-0.05, 0) is 44.4 Å². The molecule has 0 N–H and O–H groups in total. The van der Waals surface area contributed by atoms with Gasteiger partial charge in [-0.2, -0.15) is 0 Å². The third kappa shape index (κ3) is 3.74. The third-order valence-electron chi connectivity index (χ3n) is 3.64. The minimum atomic E-state index is -0.570. The first kappa shape index (κ1) is 15.4. The van der Waals surface area contributed by atoms with Crippen molar-refractivity contribution in [1.82, 2.24) is 4.90 Å². The molecule has 0 spiro atoms. The van der Waals surface area contributed by atoms with Crippen LogP contribution in [0.1, 0.15) is 36.5 Å². The average Bonchev–Trinajstić information content (AvgIpc) is 2.55. The van der Waals surface area contributed by atoms with Gasteiger partial charge in [0.2, 0.25) is 0 Å². The van der Waals surface area contributed by atoms with Crippen molar-refractivity contribution in [2.45, 2.75) is 32.3 Å². The Morgan fingerprint density at radius 1 is 1.24 bits per heavy atom. The molecule has 1 fully saturated rings. The van der Waals surface area contributed by atoms with E-state index in [1.54, 1.807) is 25.1 Å². The predicted molar refractivity (Wildman–Crippen MR) is 78.9 cm³/mol. The van der Waals surface area contributed by atoms with Crippen LogP contribution in [0.5, 0.6) is 11.5 Å². The van der Waals surface area contributed by atoms with E-state index in [2.05, 4.69) is 0 Å². The number of ether oxygens (including phenoxy) is 2. The van der Waals surface area contributed by atoms with Crippen LogP contribution in [0.15, 0.2) is 18.2 Å². The molecule has 0 saturated carbocycles. The molecule has 1 heterocycles. The number of benzene rings is 1. The van der Waals surface area contributed by atoms with E-state index in [0.29, 0.717) is 17.1 Å². The summed E-state index contributed by atoms with van der Waals surface area (Å²) in [6, 6.07) is 4.89. The SMILES string of the molecule is COc1cc(C=O)ccc1OC(C)C(=O)N1CCCCC1. The van der Waals surface area contributed by atoms with Gasteiger partial charge < -0.3 is 14.4 Å². The molecule has 1 saturated heterocycles. The van der Waals surface area contributed by atoms with E-state index in [1.807, 2.05) is 4.90 Å². The summed E-state index contributed by atoms with van der Waals surface area (Å²) < 4.78 is 10.9. The molecule has 1 atom stereocenters. The van der Waals surface area contributed by atoms with Crippen LogP contribution in [0.2, 0.25) is 0 Å². The fraction of sp³-hybridized carbons (Fsp3) is 0.500. The largest absolute Gasteiger partial charge is 0.493 e. The number of amides is 1. The summed E-state index contributed by atoms with van der Waals surface area (Å²) in [5, 5.41) is 0. The van der Waals surface area contributed by atoms with Gasteiger partial charge >= 0.3 is 0 Å². The Hall–Kier alpha value is -2.04. The van der Waals surface area contributed by atoms with Crippen LogP contribution >= 0.6 is 0 Å². The Balaban J connectivity index is 2.06. The molecule has 21 heavy (non-hydrogen) atoms. The number of carbonyl (C=O) groups is 2. The smallest absolute Gasteiger partial charge is 0.263 e. The molecule has 0 aromatic heterocycles.